The number of hydrogen-bond donors (Lipinski definition) is 2. The van der Waals surface area contributed by atoms with Crippen molar-refractivity contribution in [1.29, 1.82) is 0 Å². The lowest BCUT2D eigenvalue weighted by Gasteiger charge is -2.01. The van der Waals surface area contributed by atoms with Gasteiger partial charge in [0.2, 0.25) is 0 Å². The van der Waals surface area contributed by atoms with Gasteiger partial charge in [-0.15, -0.1) is 0 Å². The number of H-pyrrole nitrogens is 2. The first-order valence-electron chi connectivity index (χ1n) is 7.36. The molecule has 0 unspecified atom stereocenters. The highest BCUT2D eigenvalue weighted by Crippen LogP contribution is 2.24. The number of sulfone groups is 1. The molecule has 6 nitrogen and oxygen atoms in total. The van der Waals surface area contributed by atoms with Crippen molar-refractivity contribution < 1.29 is 8.42 Å². The Bertz CT molecular complexity index is 1080. The molecule has 2 N–H and O–H groups in total. The molecule has 1 aromatic carbocycles. The first-order chi connectivity index (χ1) is 11.6. The number of benzene rings is 1. The fraction of sp³-hybridized carbons (Fsp3) is 0.0588. The van der Waals surface area contributed by atoms with Crippen LogP contribution < -0.4 is 0 Å². The van der Waals surface area contributed by atoms with E-state index in [1.807, 2.05) is 42.5 Å². The van der Waals surface area contributed by atoms with Crippen LogP contribution in [-0.2, 0) is 15.6 Å². The molecule has 0 saturated carbocycles. The van der Waals surface area contributed by atoms with Crippen LogP contribution >= 0.6 is 0 Å². The summed E-state index contributed by atoms with van der Waals surface area (Å²) < 4.78 is 24.7. The summed E-state index contributed by atoms with van der Waals surface area (Å²) >= 11 is 0. The molecule has 3 aromatic heterocycles. The van der Waals surface area contributed by atoms with Gasteiger partial charge < -0.3 is 4.98 Å². The molecule has 0 amide bonds. The molecule has 0 atom stereocenters. The molecule has 7 heteroatoms. The molecule has 0 aliphatic carbocycles. The van der Waals surface area contributed by atoms with Crippen LogP contribution in [0.1, 0.15) is 5.56 Å². The van der Waals surface area contributed by atoms with Crippen molar-refractivity contribution in [1.82, 2.24) is 20.2 Å². The Morgan fingerprint density at radius 3 is 2.62 bits per heavy atom. The van der Waals surface area contributed by atoms with Gasteiger partial charge in [0, 0.05) is 23.5 Å². The minimum absolute atomic E-state index is 0.110. The maximum Gasteiger partial charge on any atom is 0.185 e. The fourth-order valence-electron chi connectivity index (χ4n) is 2.62. The third-order valence-corrected chi connectivity index (χ3v) is 5.46. The number of fused-ring (bicyclic) bond motifs is 1. The van der Waals surface area contributed by atoms with Crippen LogP contribution in [0.3, 0.4) is 0 Å². The van der Waals surface area contributed by atoms with E-state index in [2.05, 4.69) is 20.2 Å². The van der Waals surface area contributed by atoms with Crippen molar-refractivity contribution in [2.45, 2.75) is 10.6 Å². The van der Waals surface area contributed by atoms with Gasteiger partial charge >= 0.3 is 0 Å². The summed E-state index contributed by atoms with van der Waals surface area (Å²) in [7, 11) is -3.43. The first kappa shape index (κ1) is 14.6. The monoisotopic (exact) mass is 338 g/mol. The first-order valence-corrected chi connectivity index (χ1v) is 9.02. The molecular formula is C17H14N4O2S. The average Bonchev–Trinajstić information content (AvgIpc) is 3.25. The van der Waals surface area contributed by atoms with E-state index in [0.29, 0.717) is 5.56 Å². The number of pyridine rings is 1. The lowest BCUT2D eigenvalue weighted by Crippen LogP contribution is -2.04. The zero-order valence-electron chi connectivity index (χ0n) is 12.6. The zero-order chi connectivity index (χ0) is 16.6. The van der Waals surface area contributed by atoms with Gasteiger partial charge in [0.25, 0.3) is 0 Å². The quantitative estimate of drug-likeness (QED) is 0.598. The molecule has 4 rings (SSSR count). The van der Waals surface area contributed by atoms with Crippen molar-refractivity contribution in [2.24, 2.45) is 0 Å². The van der Waals surface area contributed by atoms with Crippen LogP contribution in [0.2, 0.25) is 0 Å². The number of aromatic nitrogens is 4. The Labute approximate surface area is 138 Å². The molecular weight excluding hydrogens is 324 g/mol. The highest BCUT2D eigenvalue weighted by Gasteiger charge is 2.17. The summed E-state index contributed by atoms with van der Waals surface area (Å²) in [5, 5.41) is 7.10. The van der Waals surface area contributed by atoms with Gasteiger partial charge in [-0.1, -0.05) is 30.3 Å². The van der Waals surface area contributed by atoms with Gasteiger partial charge in [-0.05, 0) is 23.3 Å². The predicted molar refractivity (Wildman–Crippen MR) is 91.0 cm³/mol. The molecule has 0 spiro atoms. The lowest BCUT2D eigenvalue weighted by atomic mass is 10.1. The number of aromatic amines is 2. The Morgan fingerprint density at radius 2 is 1.88 bits per heavy atom. The normalized spacial score (nSPS) is 11.8. The molecule has 0 aliphatic rings. The second-order valence-corrected chi connectivity index (χ2v) is 7.51. The highest BCUT2D eigenvalue weighted by molar-refractivity contribution is 7.90. The molecule has 120 valence electrons. The Balaban J connectivity index is 1.69. The van der Waals surface area contributed by atoms with E-state index in [9.17, 15) is 8.42 Å². The highest BCUT2D eigenvalue weighted by atomic mass is 32.2. The van der Waals surface area contributed by atoms with Gasteiger partial charge in [-0.3, -0.25) is 5.10 Å². The fourth-order valence-corrected chi connectivity index (χ4v) is 3.83. The molecule has 0 radical (unpaired) electrons. The van der Waals surface area contributed by atoms with Gasteiger partial charge in [0.05, 0.1) is 11.9 Å². The molecule has 4 aromatic rings. The second kappa shape index (κ2) is 5.61. The molecule has 0 bridgehead atoms. The van der Waals surface area contributed by atoms with Crippen molar-refractivity contribution in [3.8, 4) is 11.3 Å². The summed E-state index contributed by atoms with van der Waals surface area (Å²) in [5.41, 5.74) is 3.39. The second-order valence-electron chi connectivity index (χ2n) is 5.52. The Morgan fingerprint density at radius 1 is 1.04 bits per heavy atom. The minimum atomic E-state index is -3.43. The van der Waals surface area contributed by atoms with Crippen LogP contribution in [-0.4, -0.2) is 28.6 Å². The number of nitrogens with zero attached hydrogens (tertiary/aromatic N) is 2. The van der Waals surface area contributed by atoms with E-state index in [0.717, 1.165) is 22.3 Å². The molecule has 0 fully saturated rings. The van der Waals surface area contributed by atoms with Crippen molar-refractivity contribution >= 4 is 20.9 Å². The topological polar surface area (TPSA) is 91.5 Å². The average molecular weight is 338 g/mol. The SMILES string of the molecule is O=S(=O)(Cc1cnc2[nH]c(-c3ccccc3)cc2c1)c1cn[nH]c1. The van der Waals surface area contributed by atoms with E-state index in [1.165, 1.54) is 12.4 Å². The Kier molecular flexibility index (Phi) is 3.42. The van der Waals surface area contributed by atoms with E-state index in [-0.39, 0.29) is 10.6 Å². The third-order valence-electron chi connectivity index (χ3n) is 3.80. The van der Waals surface area contributed by atoms with Gasteiger partial charge in [-0.2, -0.15) is 5.10 Å². The molecule has 0 aliphatic heterocycles. The van der Waals surface area contributed by atoms with Crippen LogP contribution in [0.25, 0.3) is 22.3 Å². The van der Waals surface area contributed by atoms with Crippen molar-refractivity contribution in [3.05, 3.63) is 66.6 Å². The van der Waals surface area contributed by atoms with Crippen molar-refractivity contribution in [2.75, 3.05) is 0 Å². The van der Waals surface area contributed by atoms with Crippen molar-refractivity contribution in [3.63, 3.8) is 0 Å². The molecule has 24 heavy (non-hydrogen) atoms. The van der Waals surface area contributed by atoms with Gasteiger partial charge in [0.1, 0.15) is 10.5 Å². The summed E-state index contributed by atoms with van der Waals surface area (Å²) in [6.07, 6.45) is 4.28. The third kappa shape index (κ3) is 2.69. The standard InChI is InChI=1S/C17H14N4O2S/c22-24(23,15-9-19-20-10-15)11-12-6-14-7-16(21-17(14)18-8-12)13-4-2-1-3-5-13/h1-10H,11H2,(H,18,21)(H,19,20). The number of rotatable bonds is 4. The van der Waals surface area contributed by atoms with E-state index in [1.54, 1.807) is 6.20 Å². The van der Waals surface area contributed by atoms with Gasteiger partial charge in [-0.25, -0.2) is 13.4 Å². The van der Waals surface area contributed by atoms with Crippen LogP contribution in [0.4, 0.5) is 0 Å². The minimum Gasteiger partial charge on any atom is -0.339 e. The zero-order valence-corrected chi connectivity index (χ0v) is 13.4. The van der Waals surface area contributed by atoms with E-state index < -0.39 is 9.84 Å². The van der Waals surface area contributed by atoms with E-state index in [4.69, 9.17) is 0 Å². The maximum absolute atomic E-state index is 12.3. The van der Waals surface area contributed by atoms with Crippen LogP contribution in [0.15, 0.2) is 66.0 Å². The summed E-state index contributed by atoms with van der Waals surface area (Å²) in [5.74, 6) is -0.110. The lowest BCUT2D eigenvalue weighted by molar-refractivity contribution is 0.595. The summed E-state index contributed by atoms with van der Waals surface area (Å²) in [6, 6.07) is 13.7. The number of hydrogen-bond acceptors (Lipinski definition) is 4. The largest absolute Gasteiger partial charge is 0.339 e. The smallest absolute Gasteiger partial charge is 0.185 e. The van der Waals surface area contributed by atoms with Gasteiger partial charge in [0.15, 0.2) is 9.84 Å². The molecule has 0 saturated heterocycles. The number of nitrogens with one attached hydrogen (secondary N) is 2. The maximum atomic E-state index is 12.3. The summed E-state index contributed by atoms with van der Waals surface area (Å²) in [6.45, 7) is 0. The predicted octanol–water partition coefficient (Wildman–Crippen LogP) is 2.93. The van der Waals surface area contributed by atoms with Crippen LogP contribution in [0.5, 0.6) is 0 Å². The molecule has 3 heterocycles. The van der Waals surface area contributed by atoms with E-state index >= 15 is 0 Å². The van der Waals surface area contributed by atoms with Crippen LogP contribution in [0, 0.1) is 0 Å². The summed E-state index contributed by atoms with van der Waals surface area (Å²) in [4.78, 5) is 7.79. The Hall–Kier alpha value is -2.93.